The first-order valence-corrected chi connectivity index (χ1v) is 7.01. The van der Waals surface area contributed by atoms with Crippen molar-refractivity contribution in [3.8, 4) is 0 Å². The lowest BCUT2D eigenvalue weighted by atomic mass is 10.2. The van der Waals surface area contributed by atoms with Gasteiger partial charge in [-0.15, -0.1) is 0 Å². The van der Waals surface area contributed by atoms with E-state index in [0.29, 0.717) is 0 Å². The van der Waals surface area contributed by atoms with Gasteiger partial charge in [-0.2, -0.15) is 0 Å². The Morgan fingerprint density at radius 1 is 1.30 bits per heavy atom. The fourth-order valence-corrected chi connectivity index (χ4v) is 2.51. The van der Waals surface area contributed by atoms with E-state index in [1.807, 2.05) is 36.0 Å². The number of nitrogens with zero attached hydrogens (tertiary/aromatic N) is 3. The number of aromatic nitrogens is 3. The molecule has 0 atom stereocenters. The van der Waals surface area contributed by atoms with Crippen LogP contribution in [0.2, 0.25) is 0 Å². The van der Waals surface area contributed by atoms with Gasteiger partial charge >= 0.3 is 0 Å². The molecule has 0 aliphatic carbocycles. The third kappa shape index (κ3) is 2.34. The van der Waals surface area contributed by atoms with Crippen molar-refractivity contribution in [2.75, 3.05) is 17.7 Å². The summed E-state index contributed by atoms with van der Waals surface area (Å²) in [6.45, 7) is 2.05. The maximum Gasteiger partial charge on any atom is 0.180 e. The highest BCUT2D eigenvalue weighted by atomic mass is 79.9. The number of hydrogen-bond acceptors (Lipinski definition) is 4. The molecule has 2 aromatic heterocycles. The van der Waals surface area contributed by atoms with E-state index in [9.17, 15) is 0 Å². The Bertz CT molecular complexity index is 765. The fraction of sp³-hybridized carbons (Fsp3) is 0.143. The van der Waals surface area contributed by atoms with Crippen LogP contribution in [0.3, 0.4) is 0 Å². The largest absolute Gasteiger partial charge is 0.372 e. The normalized spacial score (nSPS) is 10.8. The van der Waals surface area contributed by atoms with Gasteiger partial charge in [-0.3, -0.25) is 0 Å². The Morgan fingerprint density at radius 3 is 2.90 bits per heavy atom. The molecule has 3 rings (SSSR count). The third-order valence-corrected chi connectivity index (χ3v) is 3.57. The van der Waals surface area contributed by atoms with Crippen LogP contribution in [0, 0.1) is 6.92 Å². The van der Waals surface area contributed by atoms with E-state index in [1.165, 1.54) is 0 Å². The molecule has 20 heavy (non-hydrogen) atoms. The molecule has 6 heteroatoms. The van der Waals surface area contributed by atoms with Gasteiger partial charge < -0.3 is 15.0 Å². The smallest absolute Gasteiger partial charge is 0.180 e. The summed E-state index contributed by atoms with van der Waals surface area (Å²) in [5, 5.41) is 6.40. The van der Waals surface area contributed by atoms with E-state index in [1.54, 1.807) is 6.20 Å². The van der Waals surface area contributed by atoms with Gasteiger partial charge in [0.2, 0.25) is 0 Å². The summed E-state index contributed by atoms with van der Waals surface area (Å²) < 4.78 is 3.00. The van der Waals surface area contributed by atoms with Gasteiger partial charge in [0, 0.05) is 29.6 Å². The van der Waals surface area contributed by atoms with Crippen molar-refractivity contribution in [2.45, 2.75) is 6.92 Å². The number of rotatable bonds is 3. The summed E-state index contributed by atoms with van der Waals surface area (Å²) in [5.74, 6) is 1.51. The van der Waals surface area contributed by atoms with Gasteiger partial charge in [0.1, 0.15) is 5.82 Å². The van der Waals surface area contributed by atoms with Crippen LogP contribution in [0.5, 0.6) is 0 Å². The van der Waals surface area contributed by atoms with Crippen molar-refractivity contribution in [1.29, 1.82) is 0 Å². The summed E-state index contributed by atoms with van der Waals surface area (Å²) in [7, 11) is 1.85. The fourth-order valence-electron chi connectivity index (χ4n) is 2.03. The monoisotopic (exact) mass is 331 g/mol. The molecule has 1 aromatic carbocycles. The molecular weight excluding hydrogens is 318 g/mol. The predicted molar refractivity (Wildman–Crippen MR) is 84.7 cm³/mol. The summed E-state index contributed by atoms with van der Waals surface area (Å²) in [5.41, 5.74) is 2.95. The van der Waals surface area contributed by atoms with Crippen molar-refractivity contribution in [1.82, 2.24) is 14.4 Å². The molecule has 0 aliphatic heterocycles. The Labute approximate surface area is 125 Å². The van der Waals surface area contributed by atoms with Crippen LogP contribution in [0.25, 0.3) is 5.65 Å². The van der Waals surface area contributed by atoms with Crippen LogP contribution in [-0.2, 0) is 0 Å². The number of aryl methyl sites for hydroxylation is 1. The van der Waals surface area contributed by atoms with Crippen LogP contribution in [0.4, 0.5) is 17.3 Å². The maximum absolute atomic E-state index is 4.53. The predicted octanol–water partition coefficient (Wildman–Crippen LogP) is 3.59. The second-order valence-corrected chi connectivity index (χ2v) is 5.38. The van der Waals surface area contributed by atoms with E-state index in [-0.39, 0.29) is 0 Å². The number of imidazole rings is 1. The Morgan fingerprint density at radius 2 is 2.15 bits per heavy atom. The van der Waals surface area contributed by atoms with Gasteiger partial charge in [0.15, 0.2) is 11.5 Å². The summed E-state index contributed by atoms with van der Waals surface area (Å²) in [6, 6.07) is 6.08. The Kier molecular flexibility index (Phi) is 3.31. The lowest BCUT2D eigenvalue weighted by Gasteiger charge is -2.11. The van der Waals surface area contributed by atoms with Gasteiger partial charge in [-0.05, 0) is 30.7 Å². The van der Waals surface area contributed by atoms with Crippen LogP contribution in [0.1, 0.15) is 5.56 Å². The molecule has 5 nitrogen and oxygen atoms in total. The molecule has 2 N–H and O–H groups in total. The van der Waals surface area contributed by atoms with E-state index in [0.717, 1.165) is 33.0 Å². The van der Waals surface area contributed by atoms with E-state index >= 15 is 0 Å². The second kappa shape index (κ2) is 5.13. The molecule has 3 aromatic rings. The summed E-state index contributed by atoms with van der Waals surface area (Å²) >= 11 is 3.47. The SMILES string of the molecule is CNc1cn2ccnc2c(Nc2ccc(Br)cc2C)n1. The van der Waals surface area contributed by atoms with Crippen LogP contribution >= 0.6 is 15.9 Å². The molecule has 102 valence electrons. The lowest BCUT2D eigenvalue weighted by molar-refractivity contribution is 1.12. The zero-order chi connectivity index (χ0) is 14.1. The quantitative estimate of drug-likeness (QED) is 0.770. The van der Waals surface area contributed by atoms with Crippen molar-refractivity contribution >= 4 is 38.9 Å². The maximum atomic E-state index is 4.53. The van der Waals surface area contributed by atoms with Crippen LogP contribution in [-0.4, -0.2) is 21.4 Å². The molecule has 0 radical (unpaired) electrons. The number of benzene rings is 1. The van der Waals surface area contributed by atoms with Crippen molar-refractivity contribution in [3.05, 3.63) is 46.8 Å². The van der Waals surface area contributed by atoms with Crippen molar-refractivity contribution < 1.29 is 0 Å². The molecular formula is C14H14BrN5. The molecule has 0 unspecified atom stereocenters. The summed E-state index contributed by atoms with van der Waals surface area (Å²) in [6.07, 6.45) is 5.56. The highest BCUT2D eigenvalue weighted by Crippen LogP contribution is 2.25. The van der Waals surface area contributed by atoms with Crippen LogP contribution < -0.4 is 10.6 Å². The average molecular weight is 332 g/mol. The Hall–Kier alpha value is -2.08. The number of nitrogens with one attached hydrogen (secondary N) is 2. The summed E-state index contributed by atoms with van der Waals surface area (Å²) in [4.78, 5) is 8.87. The second-order valence-electron chi connectivity index (χ2n) is 4.47. The number of hydrogen-bond donors (Lipinski definition) is 2. The number of anilines is 3. The highest BCUT2D eigenvalue weighted by Gasteiger charge is 2.08. The van der Waals surface area contributed by atoms with Gasteiger partial charge in [-0.1, -0.05) is 15.9 Å². The highest BCUT2D eigenvalue weighted by molar-refractivity contribution is 9.10. The Balaban J connectivity index is 2.07. The molecule has 0 aliphatic rings. The molecule has 0 spiro atoms. The van der Waals surface area contributed by atoms with Crippen molar-refractivity contribution in [3.63, 3.8) is 0 Å². The van der Waals surface area contributed by atoms with E-state index in [4.69, 9.17) is 0 Å². The zero-order valence-electron chi connectivity index (χ0n) is 11.2. The first-order chi connectivity index (χ1) is 9.67. The molecule has 0 fully saturated rings. The third-order valence-electron chi connectivity index (χ3n) is 3.07. The van der Waals surface area contributed by atoms with Gasteiger partial charge in [-0.25, -0.2) is 9.97 Å². The van der Waals surface area contributed by atoms with Crippen LogP contribution in [0.15, 0.2) is 41.3 Å². The number of fused-ring (bicyclic) bond motifs is 1. The molecule has 0 bridgehead atoms. The van der Waals surface area contributed by atoms with E-state index in [2.05, 4.69) is 49.5 Å². The minimum absolute atomic E-state index is 0.729. The molecule has 0 saturated heterocycles. The first-order valence-electron chi connectivity index (χ1n) is 6.22. The molecule has 0 amide bonds. The standard InChI is InChI=1S/C14H14BrN5/c1-9-7-10(15)3-4-11(9)18-13-14-17-5-6-20(14)8-12(16-2)19-13/h3-8,16H,1-2H3,(H,18,19). The lowest BCUT2D eigenvalue weighted by Crippen LogP contribution is -2.03. The zero-order valence-corrected chi connectivity index (χ0v) is 12.8. The minimum atomic E-state index is 0.729. The van der Waals surface area contributed by atoms with E-state index < -0.39 is 0 Å². The van der Waals surface area contributed by atoms with Gasteiger partial charge in [0.05, 0.1) is 6.20 Å². The average Bonchev–Trinajstić information content (AvgIpc) is 2.90. The minimum Gasteiger partial charge on any atom is -0.372 e. The van der Waals surface area contributed by atoms with Gasteiger partial charge in [0.25, 0.3) is 0 Å². The molecule has 2 heterocycles. The topological polar surface area (TPSA) is 54.2 Å². The first kappa shape index (κ1) is 12.9. The van der Waals surface area contributed by atoms with Crippen molar-refractivity contribution in [2.24, 2.45) is 0 Å². The number of halogens is 1. The molecule has 0 saturated carbocycles.